The van der Waals surface area contributed by atoms with Crippen LogP contribution in [0.15, 0.2) is 60.8 Å². The van der Waals surface area contributed by atoms with Gasteiger partial charge in [-0.15, -0.1) is 0 Å². The van der Waals surface area contributed by atoms with Crippen LogP contribution < -0.4 is 9.64 Å². The highest BCUT2D eigenvalue weighted by atomic mass is 35.5. The fourth-order valence-corrected chi connectivity index (χ4v) is 4.44. The van der Waals surface area contributed by atoms with Gasteiger partial charge in [0.05, 0.1) is 29.1 Å². The average molecular weight is 466 g/mol. The molecule has 0 saturated heterocycles. The first kappa shape index (κ1) is 22.2. The molecule has 0 saturated carbocycles. The predicted octanol–water partition coefficient (Wildman–Crippen LogP) is 6.68. The number of fused-ring (bicyclic) bond motifs is 1. The lowest BCUT2D eigenvalue weighted by Crippen LogP contribution is -2.30. The fraction of sp³-hybridized carbons (Fsp3) is 0.240. The van der Waals surface area contributed by atoms with Crippen LogP contribution in [0.1, 0.15) is 41.4 Å². The van der Waals surface area contributed by atoms with Crippen molar-refractivity contribution in [3.63, 3.8) is 0 Å². The van der Waals surface area contributed by atoms with E-state index in [1.807, 2.05) is 49.4 Å². The largest absolute Gasteiger partial charge is 0.494 e. The van der Waals surface area contributed by atoms with E-state index in [1.165, 1.54) is 11.3 Å². The molecule has 0 N–H and O–H groups in total. The van der Waals surface area contributed by atoms with Gasteiger partial charge in [-0.3, -0.25) is 14.7 Å². The van der Waals surface area contributed by atoms with Gasteiger partial charge in [-0.25, -0.2) is 4.98 Å². The van der Waals surface area contributed by atoms with Crippen LogP contribution >= 0.6 is 22.9 Å². The molecule has 5 nitrogen and oxygen atoms in total. The Labute approximate surface area is 196 Å². The molecule has 0 fully saturated rings. The normalized spacial score (nSPS) is 11.0. The molecule has 0 spiro atoms. The van der Waals surface area contributed by atoms with E-state index in [9.17, 15) is 4.79 Å². The maximum Gasteiger partial charge on any atom is 0.260 e. The summed E-state index contributed by atoms with van der Waals surface area (Å²) in [7, 11) is 0. The fourth-order valence-electron chi connectivity index (χ4n) is 3.27. The molecule has 2 aromatic heterocycles. The number of nitrogens with zero attached hydrogens (tertiary/aromatic N) is 3. The average Bonchev–Trinajstić information content (AvgIpc) is 3.26. The standard InChI is InChI=1S/C25H24ClN3O2S/c1-3-4-15-31-20-10-8-18(9-11-20)24(30)29(16-19-7-5-6-14-27-19)25-28-23-17(2)21(26)12-13-22(23)32-25/h5-14H,3-4,15-16H2,1-2H3. The molecule has 0 unspecified atom stereocenters. The third kappa shape index (κ3) is 4.92. The number of ether oxygens (including phenoxy) is 1. The lowest BCUT2D eigenvalue weighted by atomic mass is 10.2. The molecule has 32 heavy (non-hydrogen) atoms. The summed E-state index contributed by atoms with van der Waals surface area (Å²) in [4.78, 5) is 24.4. The van der Waals surface area contributed by atoms with Gasteiger partial charge in [0.1, 0.15) is 5.75 Å². The molecule has 0 aliphatic heterocycles. The van der Waals surface area contributed by atoms with E-state index in [0.717, 1.165) is 40.1 Å². The molecule has 7 heteroatoms. The summed E-state index contributed by atoms with van der Waals surface area (Å²) in [5, 5.41) is 1.28. The van der Waals surface area contributed by atoms with Gasteiger partial charge in [-0.05, 0) is 67.4 Å². The van der Waals surface area contributed by atoms with Gasteiger partial charge in [-0.1, -0.05) is 42.3 Å². The Hall–Kier alpha value is -2.96. The number of thiazole rings is 1. The van der Waals surface area contributed by atoms with Crippen LogP contribution in [-0.2, 0) is 6.54 Å². The Morgan fingerprint density at radius 2 is 1.94 bits per heavy atom. The van der Waals surface area contributed by atoms with Gasteiger partial charge in [0.15, 0.2) is 5.13 Å². The highest BCUT2D eigenvalue weighted by Gasteiger charge is 2.23. The zero-order valence-corrected chi connectivity index (χ0v) is 19.6. The van der Waals surface area contributed by atoms with Crippen LogP contribution in [0.4, 0.5) is 5.13 Å². The number of benzene rings is 2. The molecule has 0 aliphatic rings. The van der Waals surface area contributed by atoms with Gasteiger partial charge in [0, 0.05) is 16.8 Å². The monoisotopic (exact) mass is 465 g/mol. The maximum atomic E-state index is 13.5. The zero-order chi connectivity index (χ0) is 22.5. The first-order valence-corrected chi connectivity index (χ1v) is 11.8. The minimum atomic E-state index is -0.140. The molecule has 1 amide bonds. The van der Waals surface area contributed by atoms with Gasteiger partial charge < -0.3 is 4.74 Å². The summed E-state index contributed by atoms with van der Waals surface area (Å²) in [5.74, 6) is 0.620. The number of aryl methyl sites for hydroxylation is 1. The second kappa shape index (κ2) is 10.1. The predicted molar refractivity (Wildman–Crippen MR) is 131 cm³/mol. The van der Waals surface area contributed by atoms with Crippen molar-refractivity contribution in [1.82, 2.24) is 9.97 Å². The number of carbonyl (C=O) groups excluding carboxylic acids is 1. The van der Waals surface area contributed by atoms with Crippen molar-refractivity contribution in [3.05, 3.63) is 82.6 Å². The van der Waals surface area contributed by atoms with Crippen molar-refractivity contribution in [2.75, 3.05) is 11.5 Å². The van der Waals surface area contributed by atoms with Crippen LogP contribution in [0, 0.1) is 6.92 Å². The first-order valence-electron chi connectivity index (χ1n) is 10.6. The molecule has 2 heterocycles. The van der Waals surface area contributed by atoms with Crippen LogP contribution in [0.5, 0.6) is 5.75 Å². The second-order valence-corrected chi connectivity index (χ2v) is 8.87. The van der Waals surface area contributed by atoms with E-state index >= 15 is 0 Å². The molecule has 0 aliphatic carbocycles. The van der Waals surface area contributed by atoms with Crippen molar-refractivity contribution in [1.29, 1.82) is 0 Å². The van der Waals surface area contributed by atoms with Gasteiger partial charge in [0.25, 0.3) is 5.91 Å². The quantitative estimate of drug-likeness (QED) is 0.272. The number of hydrogen-bond acceptors (Lipinski definition) is 5. The SMILES string of the molecule is CCCCOc1ccc(C(=O)N(Cc2ccccn2)c2nc3c(C)c(Cl)ccc3s2)cc1. The summed E-state index contributed by atoms with van der Waals surface area (Å²) >= 11 is 7.76. The molecular weight excluding hydrogens is 442 g/mol. The maximum absolute atomic E-state index is 13.5. The van der Waals surface area contributed by atoms with Crippen LogP contribution in [0.25, 0.3) is 10.2 Å². The van der Waals surface area contributed by atoms with E-state index in [0.29, 0.717) is 28.9 Å². The summed E-state index contributed by atoms with van der Waals surface area (Å²) < 4.78 is 6.71. The van der Waals surface area contributed by atoms with Gasteiger partial charge >= 0.3 is 0 Å². The van der Waals surface area contributed by atoms with Crippen molar-refractivity contribution in [3.8, 4) is 5.75 Å². The molecule has 4 rings (SSSR count). The van der Waals surface area contributed by atoms with E-state index in [2.05, 4.69) is 11.9 Å². The molecule has 0 bridgehead atoms. The summed E-state index contributed by atoms with van der Waals surface area (Å²) in [6.07, 6.45) is 3.80. The molecular formula is C25H24ClN3O2S. The topological polar surface area (TPSA) is 55.3 Å². The summed E-state index contributed by atoms with van der Waals surface area (Å²) in [5.41, 5.74) is 3.08. The van der Waals surface area contributed by atoms with E-state index in [-0.39, 0.29) is 5.91 Å². The Balaban J connectivity index is 1.66. The first-order chi connectivity index (χ1) is 15.6. The van der Waals surface area contributed by atoms with Crippen molar-refractivity contribution < 1.29 is 9.53 Å². The molecule has 4 aromatic rings. The molecule has 0 radical (unpaired) electrons. The number of hydrogen-bond donors (Lipinski definition) is 0. The Kier molecular flexibility index (Phi) is 7.02. The number of anilines is 1. The third-order valence-electron chi connectivity index (χ3n) is 5.13. The zero-order valence-electron chi connectivity index (χ0n) is 18.0. The number of aromatic nitrogens is 2. The number of unbranched alkanes of at least 4 members (excludes halogenated alkanes) is 1. The number of carbonyl (C=O) groups is 1. The number of rotatable bonds is 8. The highest BCUT2D eigenvalue weighted by molar-refractivity contribution is 7.22. The summed E-state index contributed by atoms with van der Waals surface area (Å²) in [6.45, 7) is 5.05. The molecule has 0 atom stereocenters. The van der Waals surface area contributed by atoms with Gasteiger partial charge in [-0.2, -0.15) is 0 Å². The minimum Gasteiger partial charge on any atom is -0.494 e. The van der Waals surface area contributed by atoms with Crippen molar-refractivity contribution in [2.45, 2.75) is 33.2 Å². The van der Waals surface area contributed by atoms with E-state index < -0.39 is 0 Å². The van der Waals surface area contributed by atoms with Crippen molar-refractivity contribution in [2.24, 2.45) is 0 Å². The van der Waals surface area contributed by atoms with Crippen molar-refractivity contribution >= 4 is 44.2 Å². The Morgan fingerprint density at radius 3 is 2.66 bits per heavy atom. The molecule has 164 valence electrons. The Morgan fingerprint density at radius 1 is 1.12 bits per heavy atom. The van der Waals surface area contributed by atoms with E-state index in [4.69, 9.17) is 21.3 Å². The lowest BCUT2D eigenvalue weighted by Gasteiger charge is -2.20. The number of amides is 1. The third-order valence-corrected chi connectivity index (χ3v) is 6.58. The second-order valence-electron chi connectivity index (χ2n) is 7.45. The lowest BCUT2D eigenvalue weighted by molar-refractivity contribution is 0.0985. The summed E-state index contributed by atoms with van der Waals surface area (Å²) in [6, 6.07) is 16.7. The number of pyridine rings is 1. The van der Waals surface area contributed by atoms with E-state index in [1.54, 1.807) is 23.2 Å². The molecule has 2 aromatic carbocycles. The van der Waals surface area contributed by atoms with Crippen LogP contribution in [-0.4, -0.2) is 22.5 Å². The minimum absolute atomic E-state index is 0.140. The van der Waals surface area contributed by atoms with Crippen LogP contribution in [0.2, 0.25) is 5.02 Å². The Bertz CT molecular complexity index is 1210. The number of halogens is 1. The van der Waals surface area contributed by atoms with Gasteiger partial charge in [0.2, 0.25) is 0 Å². The van der Waals surface area contributed by atoms with Crippen LogP contribution in [0.3, 0.4) is 0 Å². The smallest absolute Gasteiger partial charge is 0.260 e. The highest BCUT2D eigenvalue weighted by Crippen LogP contribution is 2.34.